The van der Waals surface area contributed by atoms with Gasteiger partial charge < -0.3 is 9.88 Å². The van der Waals surface area contributed by atoms with Crippen molar-refractivity contribution in [3.8, 4) is 5.69 Å². The van der Waals surface area contributed by atoms with E-state index in [0.717, 1.165) is 32.5 Å². The van der Waals surface area contributed by atoms with Gasteiger partial charge in [0, 0.05) is 46.8 Å². The van der Waals surface area contributed by atoms with Crippen molar-refractivity contribution >= 4 is 45.3 Å². The second kappa shape index (κ2) is 13.6. The molecule has 1 heterocycles. The van der Waals surface area contributed by atoms with Gasteiger partial charge in [-0.3, -0.25) is 9.59 Å². The fourth-order valence-corrected chi connectivity index (χ4v) is 6.04. The van der Waals surface area contributed by atoms with Crippen molar-refractivity contribution in [1.29, 1.82) is 0 Å². The topological polar surface area (TPSA) is 113 Å². The van der Waals surface area contributed by atoms with E-state index in [2.05, 4.69) is 20.4 Å². The van der Waals surface area contributed by atoms with Crippen LogP contribution in [-0.4, -0.2) is 48.4 Å². The number of amides is 2. The van der Waals surface area contributed by atoms with E-state index in [-0.39, 0.29) is 17.3 Å². The molecule has 0 spiro atoms. The number of benzene rings is 3. The van der Waals surface area contributed by atoms with Crippen molar-refractivity contribution in [3.05, 3.63) is 112 Å². The fourth-order valence-electron chi connectivity index (χ4n) is 4.52. The first-order valence-electron chi connectivity index (χ1n) is 13.2. The summed E-state index contributed by atoms with van der Waals surface area (Å²) in [6.07, 6.45) is 1.95. The quantitative estimate of drug-likeness (QED) is 0.183. The van der Waals surface area contributed by atoms with Gasteiger partial charge in [0.15, 0.2) is 0 Å². The first-order valence-corrected chi connectivity index (χ1v) is 15.0. The zero-order valence-electron chi connectivity index (χ0n) is 23.5. The lowest BCUT2D eigenvalue weighted by molar-refractivity contribution is -0.121. The Balaban J connectivity index is 1.49. The summed E-state index contributed by atoms with van der Waals surface area (Å²) in [6.45, 7) is 4.94. The van der Waals surface area contributed by atoms with Crippen molar-refractivity contribution in [2.24, 2.45) is 5.10 Å². The van der Waals surface area contributed by atoms with Crippen LogP contribution in [0, 0.1) is 13.8 Å². The van der Waals surface area contributed by atoms with Gasteiger partial charge in [0.25, 0.3) is 5.91 Å². The Hall–Kier alpha value is -4.25. The van der Waals surface area contributed by atoms with Crippen LogP contribution < -0.4 is 10.7 Å². The zero-order valence-corrected chi connectivity index (χ0v) is 25.1. The summed E-state index contributed by atoms with van der Waals surface area (Å²) < 4.78 is 30.3. The van der Waals surface area contributed by atoms with E-state index >= 15 is 0 Å². The number of nitrogens with zero attached hydrogens (tertiary/aromatic N) is 3. The zero-order chi connectivity index (χ0) is 30.3. The molecular weight excluding hydrogens is 574 g/mol. The molecule has 0 radical (unpaired) electrons. The molecule has 0 aliphatic heterocycles. The lowest BCUT2D eigenvalue weighted by atomic mass is 10.1. The van der Waals surface area contributed by atoms with E-state index in [1.54, 1.807) is 0 Å². The largest absolute Gasteiger partial charge is 0.326 e. The Morgan fingerprint density at radius 3 is 2.29 bits per heavy atom. The molecular formula is C31H32ClN5O4S. The maximum atomic E-state index is 13.6. The summed E-state index contributed by atoms with van der Waals surface area (Å²) in [6, 6.07) is 24.7. The number of rotatable bonds is 11. The first-order chi connectivity index (χ1) is 20.0. The van der Waals surface area contributed by atoms with E-state index in [1.165, 1.54) is 37.4 Å². The summed E-state index contributed by atoms with van der Waals surface area (Å²) in [5.41, 5.74) is 7.52. The van der Waals surface area contributed by atoms with Crippen LogP contribution in [0.15, 0.2) is 94.9 Å². The molecule has 0 fully saturated rings. The van der Waals surface area contributed by atoms with E-state index in [1.807, 2.05) is 74.5 Å². The number of anilines is 1. The second-order valence-corrected chi connectivity index (χ2v) is 12.1. The minimum absolute atomic E-state index is 0.00982. The fraction of sp³-hybridized carbons (Fsp3) is 0.194. The number of hydrazone groups is 1. The maximum Gasteiger partial charge on any atom is 0.255 e. The maximum absolute atomic E-state index is 13.6. The van der Waals surface area contributed by atoms with Crippen molar-refractivity contribution in [1.82, 2.24) is 14.3 Å². The minimum atomic E-state index is -4.04. The van der Waals surface area contributed by atoms with Crippen molar-refractivity contribution in [2.75, 3.05) is 18.4 Å². The highest BCUT2D eigenvalue weighted by Gasteiger charge is 2.26. The van der Waals surface area contributed by atoms with Gasteiger partial charge in [0.1, 0.15) is 0 Å². The van der Waals surface area contributed by atoms with E-state index < -0.39 is 22.5 Å². The Morgan fingerprint density at radius 1 is 0.976 bits per heavy atom. The average molecular weight is 606 g/mol. The number of hydrogen-bond acceptors (Lipinski definition) is 5. The highest BCUT2D eigenvalue weighted by molar-refractivity contribution is 7.89. The number of carbonyl (C=O) groups is 2. The molecule has 2 amide bonds. The van der Waals surface area contributed by atoms with Gasteiger partial charge in [-0.2, -0.15) is 9.41 Å². The average Bonchev–Trinajstić information content (AvgIpc) is 3.24. The molecule has 1 aromatic heterocycles. The van der Waals surface area contributed by atoms with Crippen LogP contribution in [0.2, 0.25) is 5.02 Å². The van der Waals surface area contributed by atoms with Gasteiger partial charge in [-0.1, -0.05) is 41.9 Å². The van der Waals surface area contributed by atoms with Crippen LogP contribution in [-0.2, 0) is 26.0 Å². The van der Waals surface area contributed by atoms with Crippen LogP contribution in [0.25, 0.3) is 5.69 Å². The Kier molecular flexibility index (Phi) is 9.95. The lowest BCUT2D eigenvalue weighted by Gasteiger charge is -2.21. The third-order valence-corrected chi connectivity index (χ3v) is 8.68. The number of sulfonamides is 1. The summed E-state index contributed by atoms with van der Waals surface area (Å²) in [5.74, 6) is -0.844. The summed E-state index contributed by atoms with van der Waals surface area (Å²) in [5, 5.41) is 7.37. The van der Waals surface area contributed by atoms with Crippen molar-refractivity contribution in [3.63, 3.8) is 0 Å². The van der Waals surface area contributed by atoms with Crippen LogP contribution >= 0.6 is 11.6 Å². The molecule has 0 atom stereocenters. The molecule has 0 aliphatic carbocycles. The predicted octanol–water partition coefficient (Wildman–Crippen LogP) is 5.09. The van der Waals surface area contributed by atoms with Gasteiger partial charge in [-0.25, -0.2) is 13.8 Å². The third-order valence-electron chi connectivity index (χ3n) is 6.57. The number of aromatic nitrogens is 1. The van der Waals surface area contributed by atoms with Crippen LogP contribution in [0.5, 0.6) is 0 Å². The van der Waals surface area contributed by atoms with Crippen LogP contribution in [0.1, 0.15) is 29.4 Å². The monoisotopic (exact) mass is 605 g/mol. The van der Waals surface area contributed by atoms with Gasteiger partial charge in [0.2, 0.25) is 15.9 Å². The molecule has 4 aromatic rings. The van der Waals surface area contributed by atoms with Crippen LogP contribution in [0.3, 0.4) is 0 Å². The number of nitrogens with one attached hydrogen (secondary N) is 2. The molecule has 0 saturated carbocycles. The highest BCUT2D eigenvalue weighted by atomic mass is 35.5. The Morgan fingerprint density at radius 2 is 1.64 bits per heavy atom. The molecule has 0 saturated heterocycles. The number of aryl methyl sites for hydroxylation is 1. The molecule has 218 valence electrons. The molecule has 11 heteroatoms. The Bertz CT molecular complexity index is 1680. The SMILES string of the molecule is CC(=O)Nc1ccc(S(=O)(=O)N(CCc2ccccc2)CC(=O)N/N=C/c2cc(C)n(-c3ccc(Cl)cc3)c2C)cc1. The standard InChI is InChI=1S/C31H32ClN5O4S/c1-22-19-26(23(2)37(22)29-13-9-27(32)10-14-29)20-33-35-31(39)21-36(18-17-25-7-5-4-6-8-25)42(40,41)30-15-11-28(12-16-30)34-24(3)38/h4-16,19-20H,17-18,21H2,1-3H3,(H,34,38)(H,35,39)/b33-20+. The van der Waals surface area contributed by atoms with E-state index in [9.17, 15) is 18.0 Å². The van der Waals surface area contributed by atoms with Gasteiger partial charge in [0.05, 0.1) is 17.7 Å². The molecule has 42 heavy (non-hydrogen) atoms. The number of hydrogen-bond donors (Lipinski definition) is 2. The third kappa shape index (κ3) is 7.73. The lowest BCUT2D eigenvalue weighted by Crippen LogP contribution is -2.40. The second-order valence-electron chi connectivity index (χ2n) is 9.71. The van der Waals surface area contributed by atoms with Gasteiger partial charge >= 0.3 is 0 Å². The summed E-state index contributed by atoms with van der Waals surface area (Å²) >= 11 is 6.03. The van der Waals surface area contributed by atoms with Crippen molar-refractivity contribution < 1.29 is 18.0 Å². The molecule has 9 nitrogen and oxygen atoms in total. The number of carbonyl (C=O) groups excluding carboxylic acids is 2. The van der Waals surface area contributed by atoms with Gasteiger partial charge in [-0.15, -0.1) is 0 Å². The molecule has 4 rings (SSSR count). The Labute approximate surface area is 250 Å². The van der Waals surface area contributed by atoms with E-state index in [0.29, 0.717) is 17.1 Å². The smallest absolute Gasteiger partial charge is 0.255 e. The normalized spacial score (nSPS) is 11.6. The number of halogens is 1. The minimum Gasteiger partial charge on any atom is -0.326 e. The summed E-state index contributed by atoms with van der Waals surface area (Å²) in [7, 11) is -4.04. The molecule has 3 aromatic carbocycles. The predicted molar refractivity (Wildman–Crippen MR) is 166 cm³/mol. The van der Waals surface area contributed by atoms with Crippen molar-refractivity contribution in [2.45, 2.75) is 32.1 Å². The summed E-state index contributed by atoms with van der Waals surface area (Å²) in [4.78, 5) is 24.3. The van der Waals surface area contributed by atoms with E-state index in [4.69, 9.17) is 11.6 Å². The molecule has 0 bridgehead atoms. The molecule has 0 unspecified atom stereocenters. The van der Waals surface area contributed by atoms with Gasteiger partial charge in [-0.05, 0) is 80.4 Å². The molecule has 2 N–H and O–H groups in total. The first kappa shape index (κ1) is 30.7. The molecule has 0 aliphatic rings. The van der Waals surface area contributed by atoms with Crippen LogP contribution in [0.4, 0.5) is 5.69 Å². The highest BCUT2D eigenvalue weighted by Crippen LogP contribution is 2.22.